The minimum atomic E-state index is -0.465. The highest BCUT2D eigenvalue weighted by Gasteiger charge is 2.42. The molecule has 0 unspecified atom stereocenters. The van der Waals surface area contributed by atoms with Crippen molar-refractivity contribution in [1.29, 1.82) is 0 Å². The van der Waals surface area contributed by atoms with Crippen molar-refractivity contribution < 1.29 is 9.53 Å². The molecule has 1 aliphatic heterocycles. The molecule has 0 amide bonds. The first kappa shape index (κ1) is 14.5. The largest absolute Gasteiger partial charge is 0.468 e. The smallest absolute Gasteiger partial charge is 0.326 e. The van der Waals surface area contributed by atoms with E-state index in [0.29, 0.717) is 6.04 Å². The van der Waals surface area contributed by atoms with Crippen molar-refractivity contribution in [2.24, 2.45) is 0 Å². The molecule has 0 spiro atoms. The highest BCUT2D eigenvalue weighted by molar-refractivity contribution is 5.81. The molecule has 4 nitrogen and oxygen atoms in total. The van der Waals surface area contributed by atoms with Crippen LogP contribution in [0.2, 0.25) is 0 Å². The average molecular weight is 242 g/mol. The monoisotopic (exact) mass is 242 g/mol. The second-order valence-electron chi connectivity index (χ2n) is 5.21. The molecule has 1 heterocycles. The van der Waals surface area contributed by atoms with Crippen LogP contribution in [0.15, 0.2) is 0 Å². The van der Waals surface area contributed by atoms with Crippen LogP contribution in [0.25, 0.3) is 0 Å². The number of rotatable bonds is 5. The lowest BCUT2D eigenvalue weighted by Crippen LogP contribution is -2.60. The van der Waals surface area contributed by atoms with Gasteiger partial charge < -0.3 is 9.64 Å². The second kappa shape index (κ2) is 6.36. The Morgan fingerprint density at radius 2 is 2.00 bits per heavy atom. The molecule has 100 valence electrons. The normalized spacial score (nSPS) is 20.5. The van der Waals surface area contributed by atoms with Crippen LogP contribution in [-0.2, 0) is 9.53 Å². The van der Waals surface area contributed by atoms with E-state index in [1.165, 1.54) is 13.5 Å². The summed E-state index contributed by atoms with van der Waals surface area (Å²) in [6.07, 6.45) is 2.86. The van der Waals surface area contributed by atoms with Crippen LogP contribution in [-0.4, -0.2) is 49.2 Å². The van der Waals surface area contributed by atoms with E-state index in [1.54, 1.807) is 0 Å². The van der Waals surface area contributed by atoms with Gasteiger partial charge >= 0.3 is 5.97 Å². The van der Waals surface area contributed by atoms with Gasteiger partial charge in [0.25, 0.3) is 0 Å². The topological polar surface area (TPSA) is 41.6 Å². The molecule has 0 atom stereocenters. The third-order valence-corrected chi connectivity index (χ3v) is 3.39. The zero-order chi connectivity index (χ0) is 12.9. The Kier molecular flexibility index (Phi) is 5.40. The molecule has 1 aliphatic rings. The summed E-state index contributed by atoms with van der Waals surface area (Å²) in [5, 5.41) is 3.41. The molecule has 0 saturated carbocycles. The third kappa shape index (κ3) is 3.68. The van der Waals surface area contributed by atoms with Crippen molar-refractivity contribution in [2.75, 3.05) is 26.7 Å². The minimum Gasteiger partial charge on any atom is -0.468 e. The van der Waals surface area contributed by atoms with E-state index in [4.69, 9.17) is 4.74 Å². The van der Waals surface area contributed by atoms with Gasteiger partial charge in [-0.05, 0) is 39.7 Å². The Balaban J connectivity index is 2.65. The van der Waals surface area contributed by atoms with E-state index >= 15 is 0 Å². The Labute approximate surface area is 105 Å². The lowest BCUT2D eigenvalue weighted by Gasteiger charge is -2.41. The molecular weight excluding hydrogens is 216 g/mol. The van der Waals surface area contributed by atoms with Crippen molar-refractivity contribution in [2.45, 2.75) is 51.6 Å². The molecule has 0 radical (unpaired) electrons. The number of nitrogens with zero attached hydrogens (tertiary/aromatic N) is 1. The lowest BCUT2D eigenvalue weighted by molar-refractivity contribution is -0.151. The molecule has 0 aromatic heterocycles. The van der Waals surface area contributed by atoms with Gasteiger partial charge in [0, 0.05) is 19.1 Å². The second-order valence-corrected chi connectivity index (χ2v) is 5.21. The number of ether oxygens (including phenoxy) is 1. The quantitative estimate of drug-likeness (QED) is 0.740. The number of hydrogen-bond donors (Lipinski definition) is 1. The van der Waals surface area contributed by atoms with Gasteiger partial charge in [-0.2, -0.15) is 0 Å². The predicted octanol–water partition coefficient (Wildman–Crippen LogP) is 1.40. The van der Waals surface area contributed by atoms with Crippen molar-refractivity contribution in [3.05, 3.63) is 0 Å². The van der Waals surface area contributed by atoms with E-state index in [2.05, 4.69) is 31.0 Å². The molecular formula is C13H26N2O2. The van der Waals surface area contributed by atoms with Crippen LogP contribution < -0.4 is 5.32 Å². The van der Waals surface area contributed by atoms with Crippen molar-refractivity contribution in [3.63, 3.8) is 0 Å². The lowest BCUT2D eigenvalue weighted by atomic mass is 9.86. The molecule has 1 N–H and O–H groups in total. The highest BCUT2D eigenvalue weighted by atomic mass is 16.5. The molecule has 1 fully saturated rings. The van der Waals surface area contributed by atoms with Gasteiger partial charge in [-0.1, -0.05) is 6.92 Å². The van der Waals surface area contributed by atoms with E-state index in [9.17, 15) is 4.79 Å². The summed E-state index contributed by atoms with van der Waals surface area (Å²) in [6.45, 7) is 9.41. The van der Waals surface area contributed by atoms with Gasteiger partial charge in [-0.15, -0.1) is 0 Å². The molecule has 1 rings (SSSR count). The van der Waals surface area contributed by atoms with Crippen LogP contribution >= 0.6 is 0 Å². The first-order valence-electron chi connectivity index (χ1n) is 6.62. The van der Waals surface area contributed by atoms with E-state index < -0.39 is 5.54 Å². The maximum Gasteiger partial charge on any atom is 0.326 e. The summed E-state index contributed by atoms with van der Waals surface area (Å²) in [6, 6.07) is 0.298. The molecule has 4 heteroatoms. The molecule has 0 aromatic carbocycles. The van der Waals surface area contributed by atoms with Crippen LogP contribution in [0, 0.1) is 0 Å². The summed E-state index contributed by atoms with van der Waals surface area (Å²) < 4.78 is 4.97. The fourth-order valence-corrected chi connectivity index (χ4v) is 2.63. The molecule has 0 bridgehead atoms. The first-order valence-corrected chi connectivity index (χ1v) is 6.62. The summed E-state index contributed by atoms with van der Waals surface area (Å²) in [5.41, 5.74) is -0.465. The highest BCUT2D eigenvalue weighted by Crippen LogP contribution is 2.24. The summed E-state index contributed by atoms with van der Waals surface area (Å²) in [5.74, 6) is -0.109. The summed E-state index contributed by atoms with van der Waals surface area (Å²) in [4.78, 5) is 14.4. The maximum atomic E-state index is 12.0. The van der Waals surface area contributed by atoms with Gasteiger partial charge in [-0.3, -0.25) is 10.1 Å². The van der Waals surface area contributed by atoms with Crippen LogP contribution in [0.4, 0.5) is 0 Å². The Morgan fingerprint density at radius 1 is 1.41 bits per heavy atom. The molecule has 0 aromatic rings. The van der Waals surface area contributed by atoms with Crippen molar-refractivity contribution in [3.8, 4) is 0 Å². The number of likely N-dealkylation sites (tertiary alicyclic amines) is 1. The van der Waals surface area contributed by atoms with Crippen LogP contribution in [0.3, 0.4) is 0 Å². The van der Waals surface area contributed by atoms with Crippen LogP contribution in [0.5, 0.6) is 0 Å². The molecule has 1 saturated heterocycles. The molecule has 17 heavy (non-hydrogen) atoms. The fourth-order valence-electron chi connectivity index (χ4n) is 2.63. The van der Waals surface area contributed by atoms with Gasteiger partial charge in [0.1, 0.15) is 5.54 Å². The standard InChI is InChI=1S/C13H26N2O2/c1-5-8-15-9-6-13(7-10-15,12(16)17-4)14-11(2)3/h11,14H,5-10H2,1-4H3. The predicted molar refractivity (Wildman–Crippen MR) is 69.0 cm³/mol. The van der Waals surface area contributed by atoms with Crippen molar-refractivity contribution in [1.82, 2.24) is 10.2 Å². The minimum absolute atomic E-state index is 0.109. The Bertz CT molecular complexity index is 246. The number of methoxy groups -OCH3 is 1. The zero-order valence-corrected chi connectivity index (χ0v) is 11.6. The molecule has 0 aliphatic carbocycles. The fraction of sp³-hybridized carbons (Fsp3) is 0.923. The number of piperidine rings is 1. The van der Waals surface area contributed by atoms with E-state index in [-0.39, 0.29) is 5.97 Å². The average Bonchev–Trinajstić information content (AvgIpc) is 2.30. The number of nitrogens with one attached hydrogen (secondary N) is 1. The maximum absolute atomic E-state index is 12.0. The number of carbonyl (C=O) groups is 1. The van der Waals surface area contributed by atoms with Gasteiger partial charge in [0.15, 0.2) is 0 Å². The van der Waals surface area contributed by atoms with Gasteiger partial charge in [-0.25, -0.2) is 0 Å². The van der Waals surface area contributed by atoms with Gasteiger partial charge in [0.05, 0.1) is 7.11 Å². The van der Waals surface area contributed by atoms with E-state index in [0.717, 1.165) is 32.5 Å². The van der Waals surface area contributed by atoms with E-state index in [1.807, 2.05) is 0 Å². The van der Waals surface area contributed by atoms with Crippen LogP contribution in [0.1, 0.15) is 40.0 Å². The number of carbonyl (C=O) groups excluding carboxylic acids is 1. The SMILES string of the molecule is CCCN1CCC(NC(C)C)(C(=O)OC)CC1. The summed E-state index contributed by atoms with van der Waals surface area (Å²) >= 11 is 0. The van der Waals surface area contributed by atoms with Crippen molar-refractivity contribution >= 4 is 5.97 Å². The Hall–Kier alpha value is -0.610. The summed E-state index contributed by atoms with van der Waals surface area (Å²) in [7, 11) is 1.48. The zero-order valence-electron chi connectivity index (χ0n) is 11.6. The van der Waals surface area contributed by atoms with Gasteiger partial charge in [0.2, 0.25) is 0 Å². The first-order chi connectivity index (χ1) is 8.04. The third-order valence-electron chi connectivity index (χ3n) is 3.39. The number of hydrogen-bond acceptors (Lipinski definition) is 4. The number of esters is 1. The Morgan fingerprint density at radius 3 is 2.41 bits per heavy atom.